The molecule has 0 unspecified atom stereocenters. The third-order valence-corrected chi connectivity index (χ3v) is 4.21. The van der Waals surface area contributed by atoms with Gasteiger partial charge in [-0.25, -0.2) is 0 Å². The van der Waals surface area contributed by atoms with E-state index in [-0.39, 0.29) is 0 Å². The zero-order chi connectivity index (χ0) is 13.7. The van der Waals surface area contributed by atoms with E-state index in [9.17, 15) is 0 Å². The number of aryl methyl sites for hydroxylation is 1. The van der Waals surface area contributed by atoms with Crippen molar-refractivity contribution in [1.29, 1.82) is 0 Å². The van der Waals surface area contributed by atoms with E-state index in [1.807, 2.05) is 0 Å². The molecule has 0 bridgehead atoms. The van der Waals surface area contributed by atoms with Crippen LogP contribution in [0.2, 0.25) is 5.02 Å². The van der Waals surface area contributed by atoms with Crippen molar-refractivity contribution in [3.8, 4) is 0 Å². The van der Waals surface area contributed by atoms with Gasteiger partial charge in [0.15, 0.2) is 0 Å². The molecule has 0 radical (unpaired) electrons. The van der Waals surface area contributed by atoms with Crippen molar-refractivity contribution < 1.29 is 0 Å². The first-order chi connectivity index (χ1) is 9.19. The van der Waals surface area contributed by atoms with Gasteiger partial charge in [0.25, 0.3) is 0 Å². The van der Waals surface area contributed by atoms with Crippen molar-refractivity contribution in [1.82, 2.24) is 9.80 Å². The average Bonchev–Trinajstić information content (AvgIpc) is 2.59. The summed E-state index contributed by atoms with van der Waals surface area (Å²) in [5, 5.41) is 0.891. The van der Waals surface area contributed by atoms with Crippen LogP contribution in [0.15, 0.2) is 18.2 Å². The van der Waals surface area contributed by atoms with Crippen LogP contribution in [0, 0.1) is 6.92 Å². The van der Waals surface area contributed by atoms with Crippen molar-refractivity contribution in [3.63, 3.8) is 0 Å². The molecule has 2 nitrogen and oxygen atoms in total. The first-order valence-corrected chi connectivity index (χ1v) is 7.86. The molecule has 2 rings (SSSR count). The molecule has 0 amide bonds. The number of nitrogens with zero attached hydrogens (tertiary/aromatic N) is 2. The largest absolute Gasteiger partial charge is 0.301 e. The number of rotatable bonds is 4. The Kier molecular flexibility index (Phi) is 5.96. The van der Waals surface area contributed by atoms with E-state index in [1.165, 1.54) is 17.5 Å². The molecule has 1 aromatic carbocycles. The van der Waals surface area contributed by atoms with Gasteiger partial charge in [-0.15, -0.1) is 11.6 Å². The Morgan fingerprint density at radius 3 is 2.58 bits per heavy atom. The summed E-state index contributed by atoms with van der Waals surface area (Å²) in [7, 11) is 0. The maximum atomic E-state index is 6.31. The summed E-state index contributed by atoms with van der Waals surface area (Å²) < 4.78 is 0. The molecular formula is C15H22Cl2N2. The van der Waals surface area contributed by atoms with E-state index in [2.05, 4.69) is 34.9 Å². The molecule has 0 aliphatic carbocycles. The quantitative estimate of drug-likeness (QED) is 0.787. The lowest BCUT2D eigenvalue weighted by Crippen LogP contribution is -2.31. The van der Waals surface area contributed by atoms with Gasteiger partial charge in [-0.05, 0) is 43.6 Å². The van der Waals surface area contributed by atoms with Crippen LogP contribution in [0.3, 0.4) is 0 Å². The lowest BCUT2D eigenvalue weighted by Gasteiger charge is -2.21. The average molecular weight is 301 g/mol. The zero-order valence-corrected chi connectivity index (χ0v) is 13.1. The van der Waals surface area contributed by atoms with E-state index in [0.717, 1.165) is 50.2 Å². The van der Waals surface area contributed by atoms with Crippen LogP contribution in [-0.4, -0.2) is 48.4 Å². The lowest BCUT2D eigenvalue weighted by atomic mass is 10.1. The first-order valence-electron chi connectivity index (χ1n) is 6.95. The van der Waals surface area contributed by atoms with Gasteiger partial charge in [0.2, 0.25) is 0 Å². The van der Waals surface area contributed by atoms with Gasteiger partial charge in [-0.1, -0.05) is 23.7 Å². The molecule has 1 aromatic rings. The lowest BCUT2D eigenvalue weighted by molar-refractivity contribution is 0.258. The molecule has 1 aliphatic rings. The number of alkyl halides is 1. The predicted octanol–water partition coefficient (Wildman–Crippen LogP) is 3.39. The topological polar surface area (TPSA) is 6.48 Å². The molecule has 1 heterocycles. The van der Waals surface area contributed by atoms with Crippen LogP contribution in [0.5, 0.6) is 0 Å². The van der Waals surface area contributed by atoms with Crippen LogP contribution in [-0.2, 0) is 6.54 Å². The number of hydrogen-bond donors (Lipinski definition) is 0. The molecule has 0 saturated carbocycles. The highest BCUT2D eigenvalue weighted by atomic mass is 35.5. The fraction of sp³-hybridized carbons (Fsp3) is 0.600. The Labute approximate surface area is 126 Å². The molecular weight excluding hydrogens is 279 g/mol. The molecule has 1 fully saturated rings. The second kappa shape index (κ2) is 7.49. The van der Waals surface area contributed by atoms with Crippen LogP contribution in [0.1, 0.15) is 17.5 Å². The molecule has 1 saturated heterocycles. The standard InChI is InChI=1S/C15H22Cl2N2/c1-13-3-4-14(15(17)11-13)12-19-7-2-6-18(8-5-16)9-10-19/h3-4,11H,2,5-10,12H2,1H3. The Balaban J connectivity index is 1.92. The van der Waals surface area contributed by atoms with Crippen molar-refractivity contribution in [2.24, 2.45) is 0 Å². The normalized spacial score (nSPS) is 18.5. The second-order valence-corrected chi connectivity index (χ2v) is 6.04. The van der Waals surface area contributed by atoms with Gasteiger partial charge in [-0.3, -0.25) is 4.90 Å². The van der Waals surface area contributed by atoms with Crippen LogP contribution < -0.4 is 0 Å². The van der Waals surface area contributed by atoms with Crippen molar-refractivity contribution >= 4 is 23.2 Å². The second-order valence-electron chi connectivity index (χ2n) is 5.26. The van der Waals surface area contributed by atoms with Crippen LogP contribution in [0.25, 0.3) is 0 Å². The zero-order valence-electron chi connectivity index (χ0n) is 11.5. The van der Waals surface area contributed by atoms with E-state index >= 15 is 0 Å². The Hall–Kier alpha value is -0.280. The SMILES string of the molecule is Cc1ccc(CN2CCCN(CCCl)CC2)c(Cl)c1. The molecule has 0 spiro atoms. The van der Waals surface area contributed by atoms with Gasteiger partial charge in [0.05, 0.1) is 0 Å². The molecule has 19 heavy (non-hydrogen) atoms. The minimum absolute atomic E-state index is 0.726. The van der Waals surface area contributed by atoms with Gasteiger partial charge >= 0.3 is 0 Å². The van der Waals surface area contributed by atoms with Gasteiger partial charge < -0.3 is 4.90 Å². The van der Waals surface area contributed by atoms with Gasteiger partial charge in [-0.2, -0.15) is 0 Å². The van der Waals surface area contributed by atoms with E-state index < -0.39 is 0 Å². The Bertz CT molecular complexity index is 409. The number of benzene rings is 1. The highest BCUT2D eigenvalue weighted by Crippen LogP contribution is 2.20. The molecule has 0 aromatic heterocycles. The molecule has 0 atom stereocenters. The van der Waals surface area contributed by atoms with Crippen molar-refractivity contribution in [2.75, 3.05) is 38.6 Å². The Morgan fingerprint density at radius 2 is 1.84 bits per heavy atom. The summed E-state index contributed by atoms with van der Waals surface area (Å²) in [4.78, 5) is 4.94. The first kappa shape index (κ1) is 15.1. The fourth-order valence-electron chi connectivity index (χ4n) is 2.55. The maximum Gasteiger partial charge on any atom is 0.0453 e. The van der Waals surface area contributed by atoms with Crippen LogP contribution in [0.4, 0.5) is 0 Å². The van der Waals surface area contributed by atoms with E-state index in [4.69, 9.17) is 23.2 Å². The molecule has 0 N–H and O–H groups in total. The van der Waals surface area contributed by atoms with Crippen molar-refractivity contribution in [2.45, 2.75) is 19.9 Å². The number of hydrogen-bond acceptors (Lipinski definition) is 2. The molecule has 4 heteroatoms. The maximum absolute atomic E-state index is 6.31. The molecule has 1 aliphatic heterocycles. The summed E-state index contributed by atoms with van der Waals surface area (Å²) in [6, 6.07) is 6.34. The van der Waals surface area contributed by atoms with E-state index in [1.54, 1.807) is 0 Å². The Morgan fingerprint density at radius 1 is 1.11 bits per heavy atom. The fourth-order valence-corrected chi connectivity index (χ4v) is 3.08. The van der Waals surface area contributed by atoms with Gasteiger partial charge in [0.1, 0.15) is 0 Å². The summed E-state index contributed by atoms with van der Waals surface area (Å²) in [6.07, 6.45) is 1.21. The van der Waals surface area contributed by atoms with Crippen LogP contribution >= 0.6 is 23.2 Å². The summed E-state index contributed by atoms with van der Waals surface area (Å²) in [5.74, 6) is 0.726. The smallest absolute Gasteiger partial charge is 0.0453 e. The highest BCUT2D eigenvalue weighted by molar-refractivity contribution is 6.31. The highest BCUT2D eigenvalue weighted by Gasteiger charge is 2.15. The third-order valence-electron chi connectivity index (χ3n) is 3.68. The van der Waals surface area contributed by atoms with Gasteiger partial charge in [0, 0.05) is 37.1 Å². The minimum atomic E-state index is 0.726. The molecule has 106 valence electrons. The third kappa shape index (κ3) is 4.64. The summed E-state index contributed by atoms with van der Waals surface area (Å²) in [6.45, 7) is 8.53. The summed E-state index contributed by atoms with van der Waals surface area (Å²) in [5.41, 5.74) is 2.45. The predicted molar refractivity (Wildman–Crippen MR) is 83.2 cm³/mol. The minimum Gasteiger partial charge on any atom is -0.301 e. The number of halogens is 2. The van der Waals surface area contributed by atoms with E-state index in [0.29, 0.717) is 0 Å². The summed E-state index contributed by atoms with van der Waals surface area (Å²) >= 11 is 12.1. The van der Waals surface area contributed by atoms with Crippen molar-refractivity contribution in [3.05, 3.63) is 34.3 Å². The monoisotopic (exact) mass is 300 g/mol.